The number of pyridine rings is 1. The number of hydrogen-bond donors (Lipinski definition) is 1. The largest absolute Gasteiger partial charge is 0.339 e. The van der Waals surface area contributed by atoms with Gasteiger partial charge in [0, 0.05) is 12.6 Å². The number of rotatable bonds is 6. The first-order chi connectivity index (χ1) is 9.60. The van der Waals surface area contributed by atoms with Gasteiger partial charge in [0.25, 0.3) is 0 Å². The molecular formula is C15H22N4O. The van der Waals surface area contributed by atoms with Crippen molar-refractivity contribution in [1.82, 2.24) is 15.1 Å². The van der Waals surface area contributed by atoms with Crippen LogP contribution in [0.25, 0.3) is 11.5 Å². The highest BCUT2D eigenvalue weighted by Gasteiger charge is 2.13. The Labute approximate surface area is 119 Å². The van der Waals surface area contributed by atoms with E-state index < -0.39 is 0 Å². The third kappa shape index (κ3) is 3.63. The lowest BCUT2D eigenvalue weighted by Crippen LogP contribution is -2.06. The van der Waals surface area contributed by atoms with E-state index in [4.69, 9.17) is 10.3 Å². The van der Waals surface area contributed by atoms with Crippen LogP contribution in [0.1, 0.15) is 36.8 Å². The molecule has 2 aromatic heterocycles. The molecule has 0 amide bonds. The second-order valence-corrected chi connectivity index (χ2v) is 5.41. The van der Waals surface area contributed by atoms with E-state index in [0.29, 0.717) is 17.6 Å². The van der Waals surface area contributed by atoms with Crippen molar-refractivity contribution in [3.63, 3.8) is 0 Å². The quantitative estimate of drug-likeness (QED) is 0.876. The van der Waals surface area contributed by atoms with Crippen molar-refractivity contribution in [3.8, 4) is 11.5 Å². The van der Waals surface area contributed by atoms with Gasteiger partial charge in [0.15, 0.2) is 0 Å². The van der Waals surface area contributed by atoms with E-state index in [0.717, 1.165) is 42.6 Å². The minimum absolute atomic E-state index is 0.573. The van der Waals surface area contributed by atoms with Crippen molar-refractivity contribution in [2.75, 3.05) is 6.54 Å². The molecule has 2 heterocycles. The molecule has 1 atom stereocenters. The van der Waals surface area contributed by atoms with Crippen molar-refractivity contribution < 1.29 is 4.52 Å². The van der Waals surface area contributed by atoms with Gasteiger partial charge in [0.2, 0.25) is 11.7 Å². The monoisotopic (exact) mass is 274 g/mol. The minimum atomic E-state index is 0.573. The molecule has 0 spiro atoms. The van der Waals surface area contributed by atoms with E-state index in [1.807, 2.05) is 20.0 Å². The molecule has 5 heteroatoms. The molecule has 0 aromatic carbocycles. The summed E-state index contributed by atoms with van der Waals surface area (Å²) in [7, 11) is 0. The molecule has 0 aliphatic rings. The van der Waals surface area contributed by atoms with Crippen LogP contribution in [0.4, 0.5) is 0 Å². The van der Waals surface area contributed by atoms with Gasteiger partial charge in [0.1, 0.15) is 5.69 Å². The van der Waals surface area contributed by atoms with Gasteiger partial charge in [-0.05, 0) is 50.3 Å². The van der Waals surface area contributed by atoms with Gasteiger partial charge in [-0.1, -0.05) is 18.1 Å². The highest BCUT2D eigenvalue weighted by atomic mass is 16.5. The van der Waals surface area contributed by atoms with Crippen LogP contribution >= 0.6 is 0 Å². The maximum absolute atomic E-state index is 5.55. The van der Waals surface area contributed by atoms with Gasteiger partial charge in [-0.15, -0.1) is 0 Å². The second kappa shape index (κ2) is 6.61. The normalized spacial score (nSPS) is 12.6. The lowest BCUT2D eigenvalue weighted by molar-refractivity contribution is 0.362. The maximum Gasteiger partial charge on any atom is 0.227 e. The third-order valence-corrected chi connectivity index (χ3v) is 3.41. The molecule has 0 bridgehead atoms. The Balaban J connectivity index is 2.05. The van der Waals surface area contributed by atoms with Crippen LogP contribution in [-0.2, 0) is 6.42 Å². The highest BCUT2D eigenvalue weighted by molar-refractivity contribution is 5.53. The minimum Gasteiger partial charge on any atom is -0.339 e. The molecule has 2 rings (SSSR count). The fourth-order valence-corrected chi connectivity index (χ4v) is 2.20. The van der Waals surface area contributed by atoms with Crippen molar-refractivity contribution in [2.45, 2.75) is 40.0 Å². The topological polar surface area (TPSA) is 77.8 Å². The Morgan fingerprint density at radius 3 is 2.80 bits per heavy atom. The summed E-state index contributed by atoms with van der Waals surface area (Å²) in [5.41, 5.74) is 8.53. The Morgan fingerprint density at radius 2 is 2.10 bits per heavy atom. The van der Waals surface area contributed by atoms with Crippen LogP contribution in [-0.4, -0.2) is 21.7 Å². The van der Waals surface area contributed by atoms with E-state index >= 15 is 0 Å². The number of nitrogens with two attached hydrogens (primary N) is 1. The predicted molar refractivity (Wildman–Crippen MR) is 78.2 cm³/mol. The first-order valence-corrected chi connectivity index (χ1v) is 7.06. The average molecular weight is 274 g/mol. The summed E-state index contributed by atoms with van der Waals surface area (Å²) in [6.45, 7) is 6.94. The van der Waals surface area contributed by atoms with Gasteiger partial charge in [-0.3, -0.25) is 4.98 Å². The third-order valence-electron chi connectivity index (χ3n) is 3.41. The maximum atomic E-state index is 5.55. The number of aromatic nitrogens is 3. The van der Waals surface area contributed by atoms with Crippen molar-refractivity contribution in [2.24, 2.45) is 11.7 Å². The average Bonchev–Trinajstić information content (AvgIpc) is 2.85. The first kappa shape index (κ1) is 14.7. The summed E-state index contributed by atoms with van der Waals surface area (Å²) in [6, 6.07) is 2.07. The van der Waals surface area contributed by atoms with E-state index in [2.05, 4.69) is 28.1 Å². The molecule has 0 aliphatic carbocycles. The van der Waals surface area contributed by atoms with Crippen LogP contribution in [0.15, 0.2) is 16.8 Å². The molecule has 0 saturated heterocycles. The van der Waals surface area contributed by atoms with E-state index in [1.54, 1.807) is 0 Å². The second-order valence-electron chi connectivity index (χ2n) is 5.41. The Bertz CT molecular complexity index is 565. The summed E-state index contributed by atoms with van der Waals surface area (Å²) in [5, 5.41) is 4.03. The summed E-state index contributed by atoms with van der Waals surface area (Å²) in [6.07, 6.45) is 4.65. The van der Waals surface area contributed by atoms with Crippen LogP contribution in [0, 0.1) is 19.8 Å². The molecule has 5 nitrogen and oxygen atoms in total. The van der Waals surface area contributed by atoms with Crippen LogP contribution in [0.3, 0.4) is 0 Å². The molecule has 1 unspecified atom stereocenters. The summed E-state index contributed by atoms with van der Waals surface area (Å²) >= 11 is 0. The smallest absolute Gasteiger partial charge is 0.227 e. The zero-order valence-electron chi connectivity index (χ0n) is 12.4. The van der Waals surface area contributed by atoms with Crippen molar-refractivity contribution in [1.29, 1.82) is 0 Å². The van der Waals surface area contributed by atoms with E-state index in [1.165, 1.54) is 0 Å². The fraction of sp³-hybridized carbons (Fsp3) is 0.533. The van der Waals surface area contributed by atoms with Crippen molar-refractivity contribution in [3.05, 3.63) is 29.3 Å². The lowest BCUT2D eigenvalue weighted by atomic mass is 10.0. The number of hydrogen-bond acceptors (Lipinski definition) is 5. The zero-order valence-corrected chi connectivity index (χ0v) is 12.4. The van der Waals surface area contributed by atoms with Crippen LogP contribution in [0.5, 0.6) is 0 Å². The SMILES string of the molecule is Cc1cnc(-c2noc(CCC(C)CCN)n2)c(C)c1. The Kier molecular flexibility index (Phi) is 4.84. The van der Waals surface area contributed by atoms with Gasteiger partial charge >= 0.3 is 0 Å². The van der Waals surface area contributed by atoms with Gasteiger partial charge in [-0.2, -0.15) is 4.98 Å². The zero-order chi connectivity index (χ0) is 14.5. The van der Waals surface area contributed by atoms with Crippen LogP contribution in [0.2, 0.25) is 0 Å². The molecule has 2 N–H and O–H groups in total. The molecular weight excluding hydrogens is 252 g/mol. The fourth-order valence-electron chi connectivity index (χ4n) is 2.20. The van der Waals surface area contributed by atoms with Gasteiger partial charge in [0.05, 0.1) is 0 Å². The Hall–Kier alpha value is -1.75. The molecule has 0 aliphatic heterocycles. The number of nitrogens with zero attached hydrogens (tertiary/aromatic N) is 3. The van der Waals surface area contributed by atoms with E-state index in [-0.39, 0.29) is 0 Å². The molecule has 2 aromatic rings. The van der Waals surface area contributed by atoms with Crippen molar-refractivity contribution >= 4 is 0 Å². The first-order valence-electron chi connectivity index (χ1n) is 7.06. The van der Waals surface area contributed by atoms with E-state index in [9.17, 15) is 0 Å². The molecule has 108 valence electrons. The molecule has 0 fully saturated rings. The predicted octanol–water partition coefficient (Wildman–Crippen LogP) is 2.67. The van der Waals surface area contributed by atoms with Gasteiger partial charge < -0.3 is 10.3 Å². The number of aryl methyl sites for hydroxylation is 3. The summed E-state index contributed by atoms with van der Waals surface area (Å²) in [5.74, 6) is 1.82. The lowest BCUT2D eigenvalue weighted by Gasteiger charge is -2.06. The summed E-state index contributed by atoms with van der Waals surface area (Å²) < 4.78 is 5.30. The highest BCUT2D eigenvalue weighted by Crippen LogP contribution is 2.19. The molecule has 20 heavy (non-hydrogen) atoms. The standard InChI is InChI=1S/C15H22N4O/c1-10(6-7-16)4-5-13-18-15(19-20-13)14-12(3)8-11(2)9-17-14/h8-10H,4-7,16H2,1-3H3. The van der Waals surface area contributed by atoms with Gasteiger partial charge in [-0.25, -0.2) is 0 Å². The molecule has 0 saturated carbocycles. The summed E-state index contributed by atoms with van der Waals surface area (Å²) in [4.78, 5) is 8.82. The molecule has 0 radical (unpaired) electrons. The Morgan fingerprint density at radius 1 is 1.30 bits per heavy atom. The van der Waals surface area contributed by atoms with Crippen LogP contribution < -0.4 is 5.73 Å².